The molecule has 0 aromatic heterocycles. The lowest BCUT2D eigenvalue weighted by molar-refractivity contribution is 0.0968. The molecule has 1 fully saturated rings. The van der Waals surface area contributed by atoms with Gasteiger partial charge in [-0.2, -0.15) is 0 Å². The van der Waals surface area contributed by atoms with Gasteiger partial charge in [0.2, 0.25) is 10.0 Å². The van der Waals surface area contributed by atoms with E-state index in [0.717, 1.165) is 38.2 Å². The highest BCUT2D eigenvalue weighted by Crippen LogP contribution is 2.22. The van der Waals surface area contributed by atoms with Crippen molar-refractivity contribution in [3.63, 3.8) is 0 Å². The van der Waals surface area contributed by atoms with Crippen molar-refractivity contribution in [3.8, 4) is 5.75 Å². The molecule has 1 aliphatic rings. The minimum Gasteiger partial charge on any atom is -0.490 e. The zero-order chi connectivity index (χ0) is 19.1. The van der Waals surface area contributed by atoms with Gasteiger partial charge in [-0.1, -0.05) is 37.3 Å². The second kappa shape index (κ2) is 9.24. The summed E-state index contributed by atoms with van der Waals surface area (Å²) >= 11 is 0. The summed E-state index contributed by atoms with van der Waals surface area (Å²) in [7, 11) is -3.25. The van der Waals surface area contributed by atoms with Gasteiger partial charge in [0.05, 0.1) is 5.75 Å². The van der Waals surface area contributed by atoms with Crippen LogP contribution in [0.4, 0.5) is 5.69 Å². The third-order valence-corrected chi connectivity index (χ3v) is 6.18. The van der Waals surface area contributed by atoms with Crippen LogP contribution in [0.25, 0.3) is 0 Å². The lowest BCUT2D eigenvalue weighted by atomic mass is 10.1. The summed E-state index contributed by atoms with van der Waals surface area (Å²) in [5, 5.41) is 0. The van der Waals surface area contributed by atoms with Crippen LogP contribution in [0.15, 0.2) is 54.6 Å². The van der Waals surface area contributed by atoms with Gasteiger partial charge in [-0.3, -0.25) is 9.62 Å². The van der Waals surface area contributed by atoms with E-state index in [1.54, 1.807) is 12.1 Å². The molecule has 6 heteroatoms. The van der Waals surface area contributed by atoms with Crippen molar-refractivity contribution in [3.05, 3.63) is 60.2 Å². The number of hydrogen-bond donors (Lipinski definition) is 1. The second-order valence-corrected chi connectivity index (χ2v) is 8.87. The number of nitrogens with zero attached hydrogens (tertiary/aromatic N) is 1. The molecule has 2 aromatic rings. The average Bonchev–Trinajstić information content (AvgIpc) is 2.65. The second-order valence-electron chi connectivity index (χ2n) is 7.02. The molecule has 146 valence electrons. The first-order valence-electron chi connectivity index (χ1n) is 9.57. The van der Waals surface area contributed by atoms with Crippen molar-refractivity contribution in [1.29, 1.82) is 0 Å². The first-order chi connectivity index (χ1) is 13.0. The number of ether oxygens (including phenoxy) is 1. The third-order valence-electron chi connectivity index (χ3n) is 4.69. The maximum absolute atomic E-state index is 11.8. The molecule has 0 spiro atoms. The molecule has 1 aliphatic heterocycles. The highest BCUT2D eigenvalue weighted by atomic mass is 32.2. The molecule has 0 amide bonds. The van der Waals surface area contributed by atoms with Crippen LogP contribution < -0.4 is 9.46 Å². The Hall–Kier alpha value is -2.05. The first-order valence-corrected chi connectivity index (χ1v) is 11.2. The Kier molecular flexibility index (Phi) is 6.74. The summed E-state index contributed by atoms with van der Waals surface area (Å²) in [5.41, 5.74) is 1.92. The number of benzene rings is 2. The number of hydrogen-bond acceptors (Lipinski definition) is 4. The van der Waals surface area contributed by atoms with Gasteiger partial charge in [0, 0.05) is 25.3 Å². The molecule has 2 aromatic carbocycles. The molecule has 0 saturated carbocycles. The highest BCUT2D eigenvalue weighted by molar-refractivity contribution is 7.92. The number of piperidine rings is 1. The molecule has 1 saturated heterocycles. The Morgan fingerprint density at radius 1 is 1.04 bits per heavy atom. The van der Waals surface area contributed by atoms with Crippen LogP contribution in [0.5, 0.6) is 5.75 Å². The number of nitrogens with one attached hydrogen (secondary N) is 1. The number of likely N-dealkylation sites (tertiary alicyclic amines) is 1. The van der Waals surface area contributed by atoms with E-state index in [4.69, 9.17) is 4.74 Å². The van der Waals surface area contributed by atoms with E-state index < -0.39 is 10.0 Å². The fraction of sp³-hybridized carbons (Fsp3) is 0.429. The van der Waals surface area contributed by atoms with Gasteiger partial charge in [0.25, 0.3) is 0 Å². The minimum atomic E-state index is -3.25. The van der Waals surface area contributed by atoms with Crippen LogP contribution >= 0.6 is 0 Å². The molecule has 27 heavy (non-hydrogen) atoms. The highest BCUT2D eigenvalue weighted by Gasteiger charge is 2.20. The number of anilines is 1. The number of rotatable bonds is 8. The maximum Gasteiger partial charge on any atom is 0.232 e. The zero-order valence-electron chi connectivity index (χ0n) is 15.8. The molecule has 5 nitrogen and oxygen atoms in total. The molecule has 1 N–H and O–H groups in total. The largest absolute Gasteiger partial charge is 0.490 e. The van der Waals surface area contributed by atoms with E-state index in [1.165, 1.54) is 5.56 Å². The predicted octanol–water partition coefficient (Wildman–Crippen LogP) is 3.88. The van der Waals surface area contributed by atoms with Crippen molar-refractivity contribution in [2.75, 3.05) is 23.6 Å². The van der Waals surface area contributed by atoms with Crippen LogP contribution in [0.1, 0.15) is 31.7 Å². The van der Waals surface area contributed by atoms with Crippen LogP contribution in [-0.2, 0) is 16.6 Å². The fourth-order valence-electron chi connectivity index (χ4n) is 3.32. The SMILES string of the molecule is CCCS(=O)(=O)Nc1ccc(OC2CCN(Cc3ccccc3)CC2)cc1. The van der Waals surface area contributed by atoms with Gasteiger partial charge in [-0.05, 0) is 49.1 Å². The third kappa shape index (κ3) is 6.26. The van der Waals surface area contributed by atoms with Gasteiger partial charge < -0.3 is 4.74 Å². The fourth-order valence-corrected chi connectivity index (χ4v) is 4.45. The number of sulfonamides is 1. The van der Waals surface area contributed by atoms with E-state index in [1.807, 2.05) is 25.1 Å². The zero-order valence-corrected chi connectivity index (χ0v) is 16.6. The standard InChI is InChI=1S/C21H28N2O3S/c1-2-16-27(24,25)22-19-8-10-20(11-9-19)26-21-12-14-23(15-13-21)17-18-6-4-3-5-7-18/h3-11,21-22H,2,12-17H2,1H3. The Morgan fingerprint density at radius 3 is 2.33 bits per heavy atom. The Balaban J connectivity index is 1.46. The van der Waals surface area contributed by atoms with Crippen molar-refractivity contribution in [2.24, 2.45) is 0 Å². The van der Waals surface area contributed by atoms with Crippen LogP contribution in [0, 0.1) is 0 Å². The van der Waals surface area contributed by atoms with Gasteiger partial charge in [0.1, 0.15) is 11.9 Å². The predicted molar refractivity (Wildman–Crippen MR) is 110 cm³/mol. The topological polar surface area (TPSA) is 58.6 Å². The van der Waals surface area contributed by atoms with E-state index >= 15 is 0 Å². The monoisotopic (exact) mass is 388 g/mol. The minimum absolute atomic E-state index is 0.132. The molecule has 0 unspecified atom stereocenters. The average molecular weight is 389 g/mol. The lowest BCUT2D eigenvalue weighted by Crippen LogP contribution is -2.37. The summed E-state index contributed by atoms with van der Waals surface area (Å²) in [6, 6.07) is 17.7. The van der Waals surface area contributed by atoms with Crippen molar-refractivity contribution < 1.29 is 13.2 Å². The van der Waals surface area contributed by atoms with E-state index in [2.05, 4.69) is 33.9 Å². The van der Waals surface area contributed by atoms with Crippen molar-refractivity contribution in [1.82, 2.24) is 4.90 Å². The van der Waals surface area contributed by atoms with Crippen molar-refractivity contribution in [2.45, 2.75) is 38.8 Å². The van der Waals surface area contributed by atoms with Gasteiger partial charge in [-0.15, -0.1) is 0 Å². The summed E-state index contributed by atoms with van der Waals surface area (Å²) < 4.78 is 32.3. The van der Waals surface area contributed by atoms with E-state index in [-0.39, 0.29) is 11.9 Å². The Morgan fingerprint density at radius 2 is 1.70 bits per heavy atom. The molecule has 3 rings (SSSR count). The molecular formula is C21H28N2O3S. The first kappa shape index (κ1) is 19.7. The quantitative estimate of drug-likeness (QED) is 0.746. The molecule has 1 heterocycles. The molecule has 0 aliphatic carbocycles. The van der Waals surface area contributed by atoms with Crippen LogP contribution in [-0.4, -0.2) is 38.3 Å². The maximum atomic E-state index is 11.8. The van der Waals surface area contributed by atoms with E-state index in [9.17, 15) is 8.42 Å². The van der Waals surface area contributed by atoms with Gasteiger partial charge >= 0.3 is 0 Å². The molecule has 0 bridgehead atoms. The Labute approximate surface area is 162 Å². The molecule has 0 radical (unpaired) electrons. The summed E-state index contributed by atoms with van der Waals surface area (Å²) in [6.45, 7) is 4.88. The normalized spacial score (nSPS) is 16.2. The smallest absolute Gasteiger partial charge is 0.232 e. The van der Waals surface area contributed by atoms with Gasteiger partial charge in [-0.25, -0.2) is 8.42 Å². The molecule has 0 atom stereocenters. The van der Waals surface area contributed by atoms with Crippen LogP contribution in [0.3, 0.4) is 0 Å². The summed E-state index contributed by atoms with van der Waals surface area (Å²) in [4.78, 5) is 2.46. The van der Waals surface area contributed by atoms with Gasteiger partial charge in [0.15, 0.2) is 0 Å². The van der Waals surface area contributed by atoms with Crippen LogP contribution in [0.2, 0.25) is 0 Å². The van der Waals surface area contributed by atoms with Crippen molar-refractivity contribution >= 4 is 15.7 Å². The molecular weight excluding hydrogens is 360 g/mol. The van der Waals surface area contributed by atoms with E-state index in [0.29, 0.717) is 12.1 Å². The summed E-state index contributed by atoms with van der Waals surface area (Å²) in [5.74, 6) is 0.919. The summed E-state index contributed by atoms with van der Waals surface area (Å²) in [6.07, 6.45) is 2.80. The lowest BCUT2D eigenvalue weighted by Gasteiger charge is -2.32. The Bertz CT molecular complexity index is 799.